The third-order valence-electron chi connectivity index (χ3n) is 3.95. The standard InChI is InChI=1S/C20H23NO4/c1-14(22)16-8-9-19(25-3)17(12-16)13-20(23)21-11-10-15-6-4-5-7-18(15)24-2/h4-9,12H,10-11,13H2,1-3H3,(H,21,23). The molecule has 0 heterocycles. The lowest BCUT2D eigenvalue weighted by molar-refractivity contribution is -0.120. The van der Waals surface area contributed by atoms with Gasteiger partial charge in [0, 0.05) is 17.7 Å². The first kappa shape index (κ1) is 18.5. The number of ether oxygens (including phenoxy) is 2. The predicted molar refractivity (Wildman–Crippen MR) is 96.4 cm³/mol. The van der Waals surface area contributed by atoms with Crippen molar-refractivity contribution in [3.05, 3.63) is 59.2 Å². The number of carbonyl (C=O) groups excluding carboxylic acids is 2. The second-order valence-electron chi connectivity index (χ2n) is 5.67. The molecule has 0 radical (unpaired) electrons. The van der Waals surface area contributed by atoms with E-state index >= 15 is 0 Å². The van der Waals surface area contributed by atoms with Crippen LogP contribution in [0.3, 0.4) is 0 Å². The Morgan fingerprint density at radius 1 is 0.960 bits per heavy atom. The fourth-order valence-corrected chi connectivity index (χ4v) is 2.62. The van der Waals surface area contributed by atoms with Crippen LogP contribution in [-0.2, 0) is 17.6 Å². The van der Waals surface area contributed by atoms with Gasteiger partial charge in [-0.1, -0.05) is 18.2 Å². The zero-order valence-electron chi connectivity index (χ0n) is 14.8. The van der Waals surface area contributed by atoms with Crippen LogP contribution in [0.2, 0.25) is 0 Å². The van der Waals surface area contributed by atoms with Gasteiger partial charge >= 0.3 is 0 Å². The van der Waals surface area contributed by atoms with Crippen molar-refractivity contribution in [2.24, 2.45) is 0 Å². The molecule has 5 heteroatoms. The minimum absolute atomic E-state index is 0.0412. The summed E-state index contributed by atoms with van der Waals surface area (Å²) >= 11 is 0. The minimum atomic E-state index is -0.117. The Labute approximate surface area is 148 Å². The third-order valence-corrected chi connectivity index (χ3v) is 3.95. The molecule has 0 aromatic heterocycles. The molecule has 1 N–H and O–H groups in total. The van der Waals surface area contributed by atoms with Crippen LogP contribution in [0.1, 0.15) is 28.4 Å². The van der Waals surface area contributed by atoms with E-state index in [4.69, 9.17) is 9.47 Å². The number of carbonyl (C=O) groups is 2. The van der Waals surface area contributed by atoms with Crippen LogP contribution in [0.25, 0.3) is 0 Å². The molecule has 25 heavy (non-hydrogen) atoms. The number of nitrogens with one attached hydrogen (secondary N) is 1. The number of amides is 1. The van der Waals surface area contributed by atoms with Crippen LogP contribution in [-0.4, -0.2) is 32.5 Å². The van der Waals surface area contributed by atoms with Gasteiger partial charge in [0.15, 0.2) is 5.78 Å². The lowest BCUT2D eigenvalue weighted by Gasteiger charge is -2.11. The molecule has 0 aliphatic heterocycles. The Kier molecular flexibility index (Phi) is 6.57. The molecule has 0 unspecified atom stereocenters. The van der Waals surface area contributed by atoms with Gasteiger partial charge in [0.2, 0.25) is 5.91 Å². The summed E-state index contributed by atoms with van der Waals surface area (Å²) in [5, 5.41) is 2.90. The molecule has 1 amide bonds. The fraction of sp³-hybridized carbons (Fsp3) is 0.300. The van der Waals surface area contributed by atoms with Crippen molar-refractivity contribution >= 4 is 11.7 Å². The summed E-state index contributed by atoms with van der Waals surface area (Å²) in [5.74, 6) is 1.26. The molecule has 2 aromatic carbocycles. The second kappa shape index (κ2) is 8.87. The SMILES string of the molecule is COc1ccccc1CCNC(=O)Cc1cc(C(C)=O)ccc1OC. The van der Waals surface area contributed by atoms with E-state index in [1.54, 1.807) is 32.4 Å². The molecule has 0 atom stereocenters. The van der Waals surface area contributed by atoms with E-state index in [1.807, 2.05) is 24.3 Å². The third kappa shape index (κ3) is 5.08. The van der Waals surface area contributed by atoms with E-state index in [0.29, 0.717) is 29.8 Å². The van der Waals surface area contributed by atoms with Gasteiger partial charge in [0.25, 0.3) is 0 Å². The molecule has 5 nitrogen and oxygen atoms in total. The maximum atomic E-state index is 12.2. The molecule has 0 bridgehead atoms. The van der Waals surface area contributed by atoms with E-state index in [-0.39, 0.29) is 18.1 Å². The molecule has 0 saturated heterocycles. The van der Waals surface area contributed by atoms with Gasteiger partial charge in [0.05, 0.1) is 20.6 Å². The van der Waals surface area contributed by atoms with E-state index in [1.165, 1.54) is 6.92 Å². The lowest BCUT2D eigenvalue weighted by Crippen LogP contribution is -2.27. The highest BCUT2D eigenvalue weighted by molar-refractivity contribution is 5.94. The Balaban J connectivity index is 1.96. The highest BCUT2D eigenvalue weighted by atomic mass is 16.5. The predicted octanol–water partition coefficient (Wildman–Crippen LogP) is 2.81. The summed E-state index contributed by atoms with van der Waals surface area (Å²) in [6.45, 7) is 2.01. The Morgan fingerprint density at radius 3 is 2.32 bits per heavy atom. The van der Waals surface area contributed by atoms with Crippen molar-refractivity contribution in [2.45, 2.75) is 19.8 Å². The highest BCUT2D eigenvalue weighted by Crippen LogP contribution is 2.21. The molecule has 2 rings (SSSR count). The Morgan fingerprint density at radius 2 is 1.64 bits per heavy atom. The van der Waals surface area contributed by atoms with E-state index in [2.05, 4.69) is 5.32 Å². The second-order valence-corrected chi connectivity index (χ2v) is 5.67. The first-order valence-electron chi connectivity index (χ1n) is 8.11. The van der Waals surface area contributed by atoms with Crippen LogP contribution >= 0.6 is 0 Å². The van der Waals surface area contributed by atoms with Crippen molar-refractivity contribution in [1.29, 1.82) is 0 Å². The first-order valence-corrected chi connectivity index (χ1v) is 8.11. The number of ketones is 1. The van der Waals surface area contributed by atoms with Gasteiger partial charge in [-0.15, -0.1) is 0 Å². The van der Waals surface area contributed by atoms with Gasteiger partial charge in [-0.05, 0) is 43.2 Å². The minimum Gasteiger partial charge on any atom is -0.496 e. The molecule has 0 aliphatic rings. The normalized spacial score (nSPS) is 10.2. The average Bonchev–Trinajstić information content (AvgIpc) is 2.62. The monoisotopic (exact) mass is 341 g/mol. The molecular formula is C20H23NO4. The van der Waals surface area contributed by atoms with Gasteiger partial charge in [-0.3, -0.25) is 9.59 Å². The maximum absolute atomic E-state index is 12.2. The van der Waals surface area contributed by atoms with Gasteiger partial charge in [-0.2, -0.15) is 0 Å². The van der Waals surface area contributed by atoms with Crippen LogP contribution < -0.4 is 14.8 Å². The van der Waals surface area contributed by atoms with Crippen LogP contribution in [0, 0.1) is 0 Å². The van der Waals surface area contributed by atoms with Crippen molar-refractivity contribution in [3.8, 4) is 11.5 Å². The summed E-state index contributed by atoms with van der Waals surface area (Å²) in [6.07, 6.45) is 0.844. The topological polar surface area (TPSA) is 64.6 Å². The quantitative estimate of drug-likeness (QED) is 0.750. The number of para-hydroxylation sites is 1. The molecule has 0 aliphatic carbocycles. The highest BCUT2D eigenvalue weighted by Gasteiger charge is 2.11. The Bertz CT molecular complexity index is 755. The number of methoxy groups -OCH3 is 2. The zero-order chi connectivity index (χ0) is 18.2. The first-order chi connectivity index (χ1) is 12.0. The molecule has 0 spiro atoms. The molecule has 0 saturated carbocycles. The molecule has 132 valence electrons. The van der Waals surface area contributed by atoms with Crippen molar-refractivity contribution in [1.82, 2.24) is 5.32 Å². The largest absolute Gasteiger partial charge is 0.496 e. The fourth-order valence-electron chi connectivity index (χ4n) is 2.62. The number of benzene rings is 2. The molecule has 2 aromatic rings. The van der Waals surface area contributed by atoms with Gasteiger partial charge in [-0.25, -0.2) is 0 Å². The van der Waals surface area contributed by atoms with Crippen molar-refractivity contribution < 1.29 is 19.1 Å². The number of hydrogen-bond acceptors (Lipinski definition) is 4. The molecular weight excluding hydrogens is 318 g/mol. The smallest absolute Gasteiger partial charge is 0.224 e. The van der Waals surface area contributed by atoms with Crippen LogP contribution in [0.15, 0.2) is 42.5 Å². The molecule has 0 fully saturated rings. The Hall–Kier alpha value is -2.82. The van der Waals surface area contributed by atoms with E-state index < -0.39 is 0 Å². The summed E-state index contributed by atoms with van der Waals surface area (Å²) in [6, 6.07) is 12.9. The zero-order valence-corrected chi connectivity index (χ0v) is 14.8. The number of rotatable bonds is 8. The van der Waals surface area contributed by atoms with Gasteiger partial charge < -0.3 is 14.8 Å². The number of Topliss-reactive ketones (excluding diaryl/α,β-unsaturated/α-hetero) is 1. The summed E-state index contributed by atoms with van der Waals surface area (Å²) in [7, 11) is 3.18. The van der Waals surface area contributed by atoms with Crippen LogP contribution in [0.5, 0.6) is 11.5 Å². The lowest BCUT2D eigenvalue weighted by atomic mass is 10.0. The van der Waals surface area contributed by atoms with Gasteiger partial charge in [0.1, 0.15) is 11.5 Å². The van der Waals surface area contributed by atoms with Crippen molar-refractivity contribution in [3.63, 3.8) is 0 Å². The summed E-state index contributed by atoms with van der Waals surface area (Å²) in [4.78, 5) is 23.7. The van der Waals surface area contributed by atoms with Crippen LogP contribution in [0.4, 0.5) is 0 Å². The maximum Gasteiger partial charge on any atom is 0.224 e. The van der Waals surface area contributed by atoms with Crippen molar-refractivity contribution in [2.75, 3.05) is 20.8 Å². The average molecular weight is 341 g/mol. The summed E-state index contributed by atoms with van der Waals surface area (Å²) < 4.78 is 10.6. The number of hydrogen-bond donors (Lipinski definition) is 1. The van der Waals surface area contributed by atoms with E-state index in [9.17, 15) is 9.59 Å². The summed E-state index contributed by atoms with van der Waals surface area (Å²) in [5.41, 5.74) is 2.31. The van der Waals surface area contributed by atoms with E-state index in [0.717, 1.165) is 11.3 Å².